The number of alkyl halides is 3. The van der Waals surface area contributed by atoms with Gasteiger partial charge in [0.1, 0.15) is 0 Å². The fraction of sp³-hybridized carbons (Fsp3) is 0.487. The van der Waals surface area contributed by atoms with E-state index >= 15 is 0 Å². The SMILES string of the molecule is CCC(CC)C(=O)/C=C(\O)C(CC)CC.Cc1[c-]c(-c2ncc(C(F)(F)F)c3c(C)c(-c4ccc(CC(C)(C)C)s4)sc23)cc(C)c1.[Ir]. The number of hydrogen-bond acceptors (Lipinski definition) is 5. The van der Waals surface area contributed by atoms with Crippen LogP contribution in [0.3, 0.4) is 0 Å². The maximum Gasteiger partial charge on any atom is 0.418 e. The van der Waals surface area contributed by atoms with Crippen LogP contribution in [0.25, 0.3) is 31.1 Å². The van der Waals surface area contributed by atoms with E-state index in [9.17, 15) is 23.1 Å². The van der Waals surface area contributed by atoms with Gasteiger partial charge in [-0.2, -0.15) is 13.2 Å². The van der Waals surface area contributed by atoms with Crippen LogP contribution >= 0.6 is 22.7 Å². The molecule has 0 unspecified atom stereocenters. The zero-order valence-corrected chi connectivity index (χ0v) is 33.8. The summed E-state index contributed by atoms with van der Waals surface area (Å²) in [4.78, 5) is 19.1. The van der Waals surface area contributed by atoms with E-state index in [-0.39, 0.29) is 54.3 Å². The number of hydrogen-bond donors (Lipinski definition) is 1. The Labute approximate surface area is 306 Å². The number of aromatic nitrogens is 1. The summed E-state index contributed by atoms with van der Waals surface area (Å²) in [5.41, 5.74) is 3.40. The Kier molecular flexibility index (Phi) is 15.3. The van der Waals surface area contributed by atoms with Gasteiger partial charge in [0.15, 0.2) is 5.78 Å². The van der Waals surface area contributed by atoms with Crippen molar-refractivity contribution in [3.8, 4) is 21.0 Å². The number of allylic oxidation sites excluding steroid dienone is 2. The third-order valence-corrected chi connectivity index (χ3v) is 10.9. The standard InChI is InChI=1S/C26H25F3NS2.C13H24O2.Ir/c1-14-9-15(2)11-17(10-14)22-24-21(19(13-30-22)26(27,28)29)16(3)23(32-24)20-8-7-18(31-20)12-25(4,5)6;1-5-10(6-2)12(14)9-13(15)11(7-3)8-4;/h7-10,13H,12H2,1-6H3;9-11,14H,5-8H2,1-4H3;/q-1;;/b;12-9-;. The number of benzene rings is 1. The summed E-state index contributed by atoms with van der Waals surface area (Å²) in [6.07, 6.45) is 2.35. The van der Waals surface area contributed by atoms with Crippen molar-refractivity contribution < 1.29 is 43.2 Å². The third kappa shape index (κ3) is 10.6. The third-order valence-electron chi connectivity index (χ3n) is 8.33. The van der Waals surface area contributed by atoms with Crippen molar-refractivity contribution in [1.29, 1.82) is 0 Å². The first-order valence-electron chi connectivity index (χ1n) is 16.5. The number of carbonyl (C=O) groups excluding carboxylic acids is 1. The second-order valence-corrected chi connectivity index (χ2v) is 15.7. The van der Waals surface area contributed by atoms with Crippen molar-refractivity contribution in [3.63, 3.8) is 0 Å². The van der Waals surface area contributed by atoms with Crippen molar-refractivity contribution in [1.82, 2.24) is 4.98 Å². The molecule has 0 aliphatic heterocycles. The van der Waals surface area contributed by atoms with E-state index in [0.29, 0.717) is 16.0 Å². The predicted octanol–water partition coefficient (Wildman–Crippen LogP) is 12.9. The number of thiophene rings is 2. The summed E-state index contributed by atoms with van der Waals surface area (Å²) in [7, 11) is 0. The number of aliphatic hydroxyl groups is 1. The average Bonchev–Trinajstić information content (AvgIpc) is 3.56. The summed E-state index contributed by atoms with van der Waals surface area (Å²) >= 11 is 3.06. The quantitative estimate of drug-likeness (QED) is 0.0981. The Balaban J connectivity index is 0.000000427. The van der Waals surface area contributed by atoms with Gasteiger partial charge in [-0.25, -0.2) is 0 Å². The maximum absolute atomic E-state index is 13.9. The van der Waals surface area contributed by atoms with Crippen molar-refractivity contribution >= 4 is 38.5 Å². The molecule has 3 aromatic heterocycles. The Hall–Kier alpha value is -2.32. The monoisotopic (exact) mass is 877 g/mol. The van der Waals surface area contributed by atoms with E-state index < -0.39 is 11.7 Å². The molecule has 9 heteroatoms. The summed E-state index contributed by atoms with van der Waals surface area (Å²) in [5.74, 6) is 0.547. The molecule has 0 saturated heterocycles. The van der Waals surface area contributed by atoms with Crippen LogP contribution in [0.15, 0.2) is 42.3 Å². The van der Waals surface area contributed by atoms with Crippen LogP contribution in [0, 0.1) is 44.1 Å². The summed E-state index contributed by atoms with van der Waals surface area (Å²) in [6, 6.07) is 11.3. The second-order valence-electron chi connectivity index (χ2n) is 13.5. The molecule has 265 valence electrons. The Morgan fingerprint density at radius 2 is 1.56 bits per heavy atom. The molecular formula is C39H49F3IrNO2S2-. The Morgan fingerprint density at radius 3 is 2.08 bits per heavy atom. The molecule has 3 heterocycles. The zero-order chi connectivity index (χ0) is 35.3. The first-order chi connectivity index (χ1) is 21.9. The van der Waals surface area contributed by atoms with Gasteiger partial charge in [0.25, 0.3) is 0 Å². The van der Waals surface area contributed by atoms with E-state index in [0.717, 1.165) is 64.7 Å². The van der Waals surface area contributed by atoms with Gasteiger partial charge in [0, 0.05) is 74.6 Å². The van der Waals surface area contributed by atoms with E-state index in [1.165, 1.54) is 22.3 Å². The number of rotatable bonds is 10. The van der Waals surface area contributed by atoms with Crippen LogP contribution < -0.4 is 0 Å². The largest absolute Gasteiger partial charge is 0.512 e. The van der Waals surface area contributed by atoms with E-state index in [1.807, 2.05) is 59.7 Å². The normalized spacial score (nSPS) is 12.4. The molecule has 0 fully saturated rings. The molecule has 0 spiro atoms. The number of halogens is 3. The minimum atomic E-state index is -4.47. The van der Waals surface area contributed by atoms with Crippen LogP contribution in [0.4, 0.5) is 13.2 Å². The number of nitrogens with zero attached hydrogens (tertiary/aromatic N) is 1. The Morgan fingerprint density at radius 1 is 0.958 bits per heavy atom. The number of aryl methyl sites for hydroxylation is 3. The first kappa shape index (κ1) is 41.8. The fourth-order valence-corrected chi connectivity index (χ4v) is 8.63. The molecule has 0 saturated carbocycles. The minimum absolute atomic E-state index is 0. The van der Waals surface area contributed by atoms with Gasteiger partial charge in [-0.3, -0.25) is 4.79 Å². The number of fused-ring (bicyclic) bond motifs is 1. The van der Waals surface area contributed by atoms with Crippen molar-refractivity contribution in [2.75, 3.05) is 0 Å². The molecule has 0 aliphatic carbocycles. The molecule has 1 radical (unpaired) electrons. The molecule has 48 heavy (non-hydrogen) atoms. The predicted molar refractivity (Wildman–Crippen MR) is 193 cm³/mol. The molecule has 0 amide bonds. The molecule has 3 nitrogen and oxygen atoms in total. The van der Waals surface area contributed by atoms with Gasteiger partial charge in [0.2, 0.25) is 0 Å². The first-order valence-corrected chi connectivity index (χ1v) is 18.1. The van der Waals surface area contributed by atoms with Crippen LogP contribution in [0.2, 0.25) is 0 Å². The molecule has 1 N–H and O–H groups in total. The van der Waals surface area contributed by atoms with Crippen molar-refractivity contribution in [3.05, 3.63) is 75.5 Å². The molecule has 4 aromatic rings. The molecule has 0 bridgehead atoms. The maximum atomic E-state index is 13.9. The van der Waals surface area contributed by atoms with Gasteiger partial charge in [-0.05, 0) is 62.1 Å². The van der Waals surface area contributed by atoms with E-state index in [1.54, 1.807) is 18.3 Å². The van der Waals surface area contributed by atoms with Gasteiger partial charge < -0.3 is 10.1 Å². The van der Waals surface area contributed by atoms with Crippen LogP contribution in [0.1, 0.15) is 101 Å². The molecular weight excluding hydrogens is 828 g/mol. The fourth-order valence-electron chi connectivity index (χ4n) is 5.82. The molecule has 0 aliphatic rings. The number of aliphatic hydroxyl groups excluding tert-OH is 1. The van der Waals surface area contributed by atoms with Gasteiger partial charge in [-0.15, -0.1) is 57.6 Å². The minimum Gasteiger partial charge on any atom is -0.512 e. The van der Waals surface area contributed by atoms with E-state index in [2.05, 4.69) is 37.9 Å². The number of carbonyl (C=O) groups is 1. The van der Waals surface area contributed by atoms with Crippen LogP contribution in [0.5, 0.6) is 0 Å². The number of pyridine rings is 1. The van der Waals surface area contributed by atoms with Crippen LogP contribution in [-0.2, 0) is 37.5 Å². The topological polar surface area (TPSA) is 50.2 Å². The van der Waals surface area contributed by atoms with Gasteiger partial charge in [0.05, 0.1) is 11.3 Å². The second kappa shape index (κ2) is 17.6. The molecule has 1 aromatic carbocycles. The summed E-state index contributed by atoms with van der Waals surface area (Å²) in [5, 5.41) is 10.0. The zero-order valence-electron chi connectivity index (χ0n) is 29.7. The van der Waals surface area contributed by atoms with Crippen molar-refractivity contribution in [2.24, 2.45) is 17.3 Å². The number of ketones is 1. The van der Waals surface area contributed by atoms with Gasteiger partial charge in [-0.1, -0.05) is 62.3 Å². The average molecular weight is 877 g/mol. The molecule has 4 rings (SSSR count). The van der Waals surface area contributed by atoms with Crippen LogP contribution in [-0.4, -0.2) is 15.9 Å². The van der Waals surface area contributed by atoms with E-state index in [4.69, 9.17) is 0 Å². The van der Waals surface area contributed by atoms with Crippen molar-refractivity contribution in [2.45, 2.75) is 108 Å². The summed E-state index contributed by atoms with van der Waals surface area (Å²) in [6.45, 7) is 20.3. The Bertz CT molecular complexity index is 1680. The molecule has 0 atom stereocenters. The smallest absolute Gasteiger partial charge is 0.418 e. The van der Waals surface area contributed by atoms with Gasteiger partial charge >= 0.3 is 6.18 Å². The summed E-state index contributed by atoms with van der Waals surface area (Å²) < 4.78 is 42.3.